The highest BCUT2D eigenvalue weighted by molar-refractivity contribution is 7.88. The Kier molecular flexibility index (Phi) is 5.99. The molecule has 2 saturated carbocycles. The van der Waals surface area contributed by atoms with Crippen LogP contribution in [0, 0.1) is 11.8 Å². The zero-order chi connectivity index (χ0) is 25.1. The smallest absolute Gasteiger partial charge is 0.387 e. The van der Waals surface area contributed by atoms with Crippen LogP contribution in [0.25, 0.3) is 11.0 Å². The van der Waals surface area contributed by atoms with Crippen LogP contribution in [-0.2, 0) is 10.0 Å². The SMILES string of the molecule is C[C@@]1(O)CCC[C@H]1n1c(=O)c(OC(F)F)cc2cnc(NC3C[C@@H]4CN(S(C)(=O)=O)C[C@@H]4C3)nc21. The zero-order valence-electron chi connectivity index (χ0n) is 19.5. The fraction of sp³-hybridized carbons (Fsp3) is 0.682. The van der Waals surface area contributed by atoms with Gasteiger partial charge in [-0.05, 0) is 56.9 Å². The number of aliphatic hydroxyl groups is 1. The number of halogens is 2. The Labute approximate surface area is 201 Å². The number of sulfonamides is 1. The van der Waals surface area contributed by atoms with Gasteiger partial charge < -0.3 is 15.2 Å². The molecule has 2 aromatic heterocycles. The molecule has 5 atom stereocenters. The summed E-state index contributed by atoms with van der Waals surface area (Å²) >= 11 is 0. The molecule has 2 N–H and O–H groups in total. The van der Waals surface area contributed by atoms with E-state index in [1.165, 1.54) is 27.4 Å². The van der Waals surface area contributed by atoms with Gasteiger partial charge in [-0.1, -0.05) is 0 Å². The maximum Gasteiger partial charge on any atom is 0.387 e. The van der Waals surface area contributed by atoms with Gasteiger partial charge in [0.2, 0.25) is 16.0 Å². The second kappa shape index (κ2) is 8.63. The lowest BCUT2D eigenvalue weighted by Crippen LogP contribution is -2.38. The lowest BCUT2D eigenvalue weighted by Gasteiger charge is -2.28. The molecule has 0 spiro atoms. The molecule has 5 rings (SSSR count). The molecule has 2 aliphatic carbocycles. The van der Waals surface area contributed by atoms with Gasteiger partial charge in [0.1, 0.15) is 5.65 Å². The van der Waals surface area contributed by atoms with Crippen LogP contribution in [0.1, 0.15) is 45.1 Å². The van der Waals surface area contributed by atoms with Crippen molar-refractivity contribution in [2.75, 3.05) is 24.7 Å². The van der Waals surface area contributed by atoms with Gasteiger partial charge in [0.15, 0.2) is 5.75 Å². The number of anilines is 1. The van der Waals surface area contributed by atoms with Crippen molar-refractivity contribution in [2.24, 2.45) is 11.8 Å². The van der Waals surface area contributed by atoms with Crippen LogP contribution >= 0.6 is 0 Å². The fourth-order valence-electron chi connectivity index (χ4n) is 6.00. The van der Waals surface area contributed by atoms with Crippen LogP contribution in [-0.4, -0.2) is 70.0 Å². The maximum absolute atomic E-state index is 13.2. The summed E-state index contributed by atoms with van der Waals surface area (Å²) in [6.07, 6.45) is 5.85. The van der Waals surface area contributed by atoms with Crippen molar-refractivity contribution in [3.63, 3.8) is 0 Å². The van der Waals surface area contributed by atoms with Crippen molar-refractivity contribution < 1.29 is 27.0 Å². The lowest BCUT2D eigenvalue weighted by molar-refractivity contribution is -0.0513. The van der Waals surface area contributed by atoms with E-state index in [0.717, 1.165) is 12.8 Å². The molecule has 0 bridgehead atoms. The first-order valence-electron chi connectivity index (χ1n) is 11.7. The van der Waals surface area contributed by atoms with E-state index in [9.17, 15) is 27.1 Å². The molecule has 13 heteroatoms. The van der Waals surface area contributed by atoms with E-state index in [4.69, 9.17) is 0 Å². The summed E-state index contributed by atoms with van der Waals surface area (Å²) in [5, 5.41) is 14.5. The summed E-state index contributed by atoms with van der Waals surface area (Å²) in [6, 6.07) is 0.600. The number of pyridine rings is 1. The predicted molar refractivity (Wildman–Crippen MR) is 124 cm³/mol. The van der Waals surface area contributed by atoms with Crippen LogP contribution in [0.4, 0.5) is 14.7 Å². The van der Waals surface area contributed by atoms with Gasteiger partial charge in [0.25, 0.3) is 5.56 Å². The number of rotatable bonds is 6. The normalized spacial score (nSPS) is 31.4. The largest absolute Gasteiger partial charge is 0.429 e. The summed E-state index contributed by atoms with van der Waals surface area (Å²) in [5.41, 5.74) is -1.73. The number of aromatic nitrogens is 3. The minimum Gasteiger partial charge on any atom is -0.429 e. The van der Waals surface area contributed by atoms with Crippen molar-refractivity contribution in [1.29, 1.82) is 0 Å². The van der Waals surface area contributed by atoms with Crippen molar-refractivity contribution in [2.45, 2.75) is 63.3 Å². The molecule has 0 radical (unpaired) electrons. The molecule has 0 amide bonds. The van der Waals surface area contributed by atoms with Gasteiger partial charge in [-0.2, -0.15) is 13.8 Å². The van der Waals surface area contributed by atoms with Crippen molar-refractivity contribution >= 4 is 27.0 Å². The second-order valence-corrected chi connectivity index (χ2v) is 12.2. The van der Waals surface area contributed by atoms with E-state index in [-0.39, 0.29) is 29.5 Å². The number of alkyl halides is 2. The molecule has 192 valence electrons. The molecular formula is C22H29F2N5O5S. The molecule has 0 aromatic carbocycles. The van der Waals surface area contributed by atoms with Crippen LogP contribution in [0.2, 0.25) is 0 Å². The Hall–Kier alpha value is -2.38. The minimum absolute atomic E-state index is 0.0420. The predicted octanol–water partition coefficient (Wildman–Crippen LogP) is 1.95. The molecule has 2 aromatic rings. The average molecular weight is 514 g/mol. The Balaban J connectivity index is 1.45. The third-order valence-electron chi connectivity index (χ3n) is 7.67. The van der Waals surface area contributed by atoms with Crippen LogP contribution in [0.5, 0.6) is 5.75 Å². The van der Waals surface area contributed by atoms with Crippen LogP contribution in [0.3, 0.4) is 0 Å². The standard InChI is InChI=1S/C22H29F2N5O5S/c1-22(31)5-3-4-17(22)29-18-12(8-16(19(29)30)34-20(23)24)9-25-21(27-18)26-15-6-13-10-28(35(2,32)33)11-14(13)7-15/h8-9,13-15,17,20,31H,3-7,10-11H2,1-2H3,(H,25,26,27)/t13-,14+,15?,17-,22-/m1/s1. The van der Waals surface area contributed by atoms with Crippen molar-refractivity contribution in [1.82, 2.24) is 18.8 Å². The molecule has 1 unspecified atom stereocenters. The maximum atomic E-state index is 13.2. The molecule has 3 fully saturated rings. The molecule has 3 heterocycles. The quantitative estimate of drug-likeness (QED) is 0.600. The Morgan fingerprint density at radius 2 is 1.97 bits per heavy atom. The van der Waals surface area contributed by atoms with Gasteiger partial charge in [0, 0.05) is 30.7 Å². The summed E-state index contributed by atoms with van der Waals surface area (Å²) in [6.45, 7) is -0.534. The topological polar surface area (TPSA) is 127 Å². The summed E-state index contributed by atoms with van der Waals surface area (Å²) in [4.78, 5) is 22.0. The minimum atomic E-state index is -3.20. The summed E-state index contributed by atoms with van der Waals surface area (Å²) < 4.78 is 56.8. The van der Waals surface area contributed by atoms with E-state index < -0.39 is 39.6 Å². The van der Waals surface area contributed by atoms with E-state index in [1.54, 1.807) is 6.92 Å². The van der Waals surface area contributed by atoms with Gasteiger partial charge in [-0.15, -0.1) is 0 Å². The molecule has 35 heavy (non-hydrogen) atoms. The highest BCUT2D eigenvalue weighted by Gasteiger charge is 2.44. The van der Waals surface area contributed by atoms with E-state index >= 15 is 0 Å². The second-order valence-electron chi connectivity index (χ2n) is 10.2. The van der Waals surface area contributed by atoms with Gasteiger partial charge in [-0.3, -0.25) is 9.36 Å². The molecule has 1 saturated heterocycles. The average Bonchev–Trinajstić information content (AvgIpc) is 3.41. The zero-order valence-corrected chi connectivity index (χ0v) is 20.3. The van der Waals surface area contributed by atoms with Crippen molar-refractivity contribution in [3.8, 4) is 5.75 Å². The molecular weight excluding hydrogens is 484 g/mol. The molecule has 10 nitrogen and oxygen atoms in total. The Morgan fingerprint density at radius 3 is 2.54 bits per heavy atom. The van der Waals surface area contributed by atoms with E-state index in [2.05, 4.69) is 20.0 Å². The molecule has 3 aliphatic rings. The lowest BCUT2D eigenvalue weighted by atomic mass is 10.00. The number of fused-ring (bicyclic) bond motifs is 2. The van der Waals surface area contributed by atoms with Crippen molar-refractivity contribution in [3.05, 3.63) is 22.6 Å². The number of nitrogens with one attached hydrogen (secondary N) is 1. The number of hydrogen-bond donors (Lipinski definition) is 2. The van der Waals surface area contributed by atoms with Gasteiger partial charge in [0.05, 0.1) is 17.9 Å². The number of nitrogens with zero attached hydrogens (tertiary/aromatic N) is 4. The first-order valence-corrected chi connectivity index (χ1v) is 13.6. The Bertz CT molecular complexity index is 1290. The van der Waals surface area contributed by atoms with Gasteiger partial charge >= 0.3 is 6.61 Å². The first kappa shape index (κ1) is 24.3. The summed E-state index contributed by atoms with van der Waals surface area (Å²) in [7, 11) is -3.20. The fourth-order valence-corrected chi connectivity index (χ4v) is 6.92. The Morgan fingerprint density at radius 1 is 1.29 bits per heavy atom. The third kappa shape index (κ3) is 4.60. The number of hydrogen-bond acceptors (Lipinski definition) is 8. The van der Waals surface area contributed by atoms with Crippen LogP contribution in [0.15, 0.2) is 17.1 Å². The summed E-state index contributed by atoms with van der Waals surface area (Å²) in [5.74, 6) is 0.279. The number of ether oxygens (including phenoxy) is 1. The third-order valence-corrected chi connectivity index (χ3v) is 8.90. The van der Waals surface area contributed by atoms with Gasteiger partial charge in [-0.25, -0.2) is 17.7 Å². The first-order chi connectivity index (χ1) is 16.4. The highest BCUT2D eigenvalue weighted by atomic mass is 32.2. The monoisotopic (exact) mass is 513 g/mol. The van der Waals surface area contributed by atoms with E-state index in [0.29, 0.717) is 37.7 Å². The van der Waals surface area contributed by atoms with Crippen LogP contribution < -0.4 is 15.6 Å². The highest BCUT2D eigenvalue weighted by Crippen LogP contribution is 2.41. The van der Waals surface area contributed by atoms with E-state index in [1.807, 2.05) is 0 Å². The molecule has 1 aliphatic heterocycles.